The van der Waals surface area contributed by atoms with Gasteiger partial charge in [-0.2, -0.15) is 0 Å². The van der Waals surface area contributed by atoms with Gasteiger partial charge in [-0.3, -0.25) is 9.69 Å². The quantitative estimate of drug-likeness (QED) is 0.897. The number of halogens is 1. The molecule has 0 aliphatic carbocycles. The molecular weight excluding hydrogens is 333 g/mol. The van der Waals surface area contributed by atoms with E-state index in [2.05, 4.69) is 4.99 Å². The molecular formula is C20H28FN3O2. The summed E-state index contributed by atoms with van der Waals surface area (Å²) in [7, 11) is 1.60. The van der Waals surface area contributed by atoms with E-state index in [0.717, 1.165) is 38.0 Å². The van der Waals surface area contributed by atoms with Crippen molar-refractivity contribution in [2.45, 2.75) is 45.6 Å². The molecule has 1 aromatic carbocycles. The third-order valence-corrected chi connectivity index (χ3v) is 6.16. The van der Waals surface area contributed by atoms with E-state index in [0.29, 0.717) is 11.5 Å². The molecule has 0 spiro atoms. The first-order chi connectivity index (χ1) is 12.2. The zero-order chi connectivity index (χ0) is 19.1. The Balaban J connectivity index is 1.96. The van der Waals surface area contributed by atoms with E-state index in [9.17, 15) is 9.18 Å². The molecule has 2 N–H and O–H groups in total. The van der Waals surface area contributed by atoms with E-state index in [1.54, 1.807) is 27.8 Å². The van der Waals surface area contributed by atoms with Crippen molar-refractivity contribution in [2.75, 3.05) is 20.3 Å². The molecule has 0 saturated carbocycles. The molecule has 2 aliphatic rings. The number of benzene rings is 1. The van der Waals surface area contributed by atoms with Crippen LogP contribution in [-0.4, -0.2) is 37.0 Å². The lowest BCUT2D eigenvalue weighted by Gasteiger charge is -2.46. The minimum absolute atomic E-state index is 0.115. The van der Waals surface area contributed by atoms with Crippen LogP contribution in [0.3, 0.4) is 0 Å². The third kappa shape index (κ3) is 3.00. The molecule has 3 rings (SSSR count). The van der Waals surface area contributed by atoms with Crippen LogP contribution in [0.5, 0.6) is 0 Å². The monoisotopic (exact) mass is 361 g/mol. The smallest absolute Gasteiger partial charge is 0.237 e. The van der Waals surface area contributed by atoms with Crippen LogP contribution >= 0.6 is 0 Å². The Morgan fingerprint density at radius 2 is 2.12 bits per heavy atom. The van der Waals surface area contributed by atoms with Gasteiger partial charge in [-0.1, -0.05) is 12.1 Å². The van der Waals surface area contributed by atoms with Gasteiger partial charge in [0.2, 0.25) is 5.91 Å². The van der Waals surface area contributed by atoms with Crippen LogP contribution in [0.4, 0.5) is 4.39 Å². The summed E-state index contributed by atoms with van der Waals surface area (Å²) in [5.74, 6) is 0.154. The fourth-order valence-electron chi connectivity index (χ4n) is 3.86. The molecule has 0 aromatic heterocycles. The summed E-state index contributed by atoms with van der Waals surface area (Å²) < 4.78 is 20.2. The average Bonchev–Trinajstić information content (AvgIpc) is 3.11. The number of ether oxygens (including phenoxy) is 1. The van der Waals surface area contributed by atoms with Gasteiger partial charge in [-0.15, -0.1) is 0 Å². The topological polar surface area (TPSA) is 67.9 Å². The highest BCUT2D eigenvalue weighted by atomic mass is 19.1. The Bertz CT molecular complexity index is 741. The van der Waals surface area contributed by atoms with Crippen LogP contribution in [0.25, 0.3) is 0 Å². The van der Waals surface area contributed by atoms with Crippen LogP contribution in [0, 0.1) is 17.2 Å². The highest BCUT2D eigenvalue weighted by molar-refractivity contribution is 6.01. The first-order valence-corrected chi connectivity index (χ1v) is 9.17. The fourth-order valence-corrected chi connectivity index (χ4v) is 3.86. The van der Waals surface area contributed by atoms with Crippen LogP contribution in [0.1, 0.15) is 44.7 Å². The highest BCUT2D eigenvalue weighted by Gasteiger charge is 2.53. The molecule has 6 heteroatoms. The van der Waals surface area contributed by atoms with Gasteiger partial charge in [0.1, 0.15) is 11.4 Å². The van der Waals surface area contributed by atoms with Gasteiger partial charge in [0.15, 0.2) is 5.96 Å². The summed E-state index contributed by atoms with van der Waals surface area (Å²) in [5, 5.41) is 0. The van der Waals surface area contributed by atoms with Gasteiger partial charge < -0.3 is 10.5 Å². The zero-order valence-electron chi connectivity index (χ0n) is 16.0. The van der Waals surface area contributed by atoms with E-state index < -0.39 is 11.0 Å². The Morgan fingerprint density at radius 3 is 2.77 bits per heavy atom. The third-order valence-electron chi connectivity index (χ3n) is 6.16. The lowest BCUT2D eigenvalue weighted by atomic mass is 9.67. The fraction of sp³-hybridized carbons (Fsp3) is 0.600. The Hall–Kier alpha value is -1.95. The second-order valence-corrected chi connectivity index (χ2v) is 8.11. The van der Waals surface area contributed by atoms with E-state index in [1.807, 2.05) is 12.1 Å². The number of aryl methyl sites for hydroxylation is 1. The van der Waals surface area contributed by atoms with Crippen LogP contribution in [0.15, 0.2) is 23.2 Å². The molecule has 142 valence electrons. The van der Waals surface area contributed by atoms with Gasteiger partial charge in [-0.05, 0) is 57.6 Å². The number of guanidine groups is 1. The van der Waals surface area contributed by atoms with Gasteiger partial charge in [-0.25, -0.2) is 9.38 Å². The molecule has 1 unspecified atom stereocenters. The van der Waals surface area contributed by atoms with Crippen LogP contribution in [0.2, 0.25) is 0 Å². The number of nitrogens with zero attached hydrogens (tertiary/aromatic N) is 2. The number of nitrogens with two attached hydrogens (primary N) is 1. The van der Waals surface area contributed by atoms with Gasteiger partial charge in [0.25, 0.3) is 0 Å². The molecule has 2 heterocycles. The molecule has 1 fully saturated rings. The molecule has 0 bridgehead atoms. The van der Waals surface area contributed by atoms with Crippen molar-refractivity contribution in [1.29, 1.82) is 0 Å². The molecule has 5 nitrogen and oxygen atoms in total. The number of carbonyl (C=O) groups is 1. The van der Waals surface area contributed by atoms with Crippen molar-refractivity contribution in [2.24, 2.45) is 22.1 Å². The van der Waals surface area contributed by atoms with Crippen molar-refractivity contribution in [3.05, 3.63) is 35.1 Å². The summed E-state index contributed by atoms with van der Waals surface area (Å²) >= 11 is 0. The van der Waals surface area contributed by atoms with Gasteiger partial charge >= 0.3 is 0 Å². The maximum Gasteiger partial charge on any atom is 0.237 e. The Labute approximate surface area is 154 Å². The van der Waals surface area contributed by atoms with Crippen molar-refractivity contribution < 1.29 is 13.9 Å². The van der Waals surface area contributed by atoms with Crippen LogP contribution < -0.4 is 5.73 Å². The number of aliphatic imine (C=N–C) groups is 1. The van der Waals surface area contributed by atoms with E-state index >= 15 is 0 Å². The molecule has 2 atom stereocenters. The largest absolute Gasteiger partial charge is 0.381 e. The van der Waals surface area contributed by atoms with Crippen molar-refractivity contribution in [3.63, 3.8) is 0 Å². The number of amides is 1. The Kier molecular flexibility index (Phi) is 4.82. The molecule has 26 heavy (non-hydrogen) atoms. The standard InChI is InChI=1S/C20H28FN3O2/c1-19(2)17(25)24(4)18(22)23-20(19,3)15-11-13(7-8-16(15)21)5-6-14-9-10-26-12-14/h7-8,11,14H,5-6,9-10,12H2,1-4H3,(H2,22,23)/t14?,20-/m1/s1. The lowest BCUT2D eigenvalue weighted by molar-refractivity contribution is -0.140. The summed E-state index contributed by atoms with van der Waals surface area (Å²) in [4.78, 5) is 18.7. The maximum atomic E-state index is 14.8. The van der Waals surface area contributed by atoms with E-state index in [1.165, 1.54) is 11.0 Å². The lowest BCUT2D eigenvalue weighted by Crippen LogP contribution is -2.58. The normalized spacial score (nSPS) is 28.3. The van der Waals surface area contributed by atoms with Gasteiger partial charge in [0, 0.05) is 25.8 Å². The predicted molar refractivity (Wildman–Crippen MR) is 99.2 cm³/mol. The van der Waals surface area contributed by atoms with E-state index in [-0.39, 0.29) is 17.7 Å². The summed E-state index contributed by atoms with van der Waals surface area (Å²) in [6.45, 7) is 7.01. The molecule has 0 radical (unpaired) electrons. The second kappa shape index (κ2) is 6.65. The summed E-state index contributed by atoms with van der Waals surface area (Å²) in [6, 6.07) is 5.14. The summed E-state index contributed by atoms with van der Waals surface area (Å²) in [5.41, 5.74) is 5.45. The van der Waals surface area contributed by atoms with Crippen molar-refractivity contribution in [3.8, 4) is 0 Å². The van der Waals surface area contributed by atoms with E-state index in [4.69, 9.17) is 10.5 Å². The summed E-state index contributed by atoms with van der Waals surface area (Å²) in [6.07, 6.45) is 2.95. The SMILES string of the molecule is CN1C(=O)C(C)(C)[C@@](C)(c2cc(CCC3CCOC3)ccc2F)N=C1N. The first-order valence-electron chi connectivity index (χ1n) is 9.17. The number of carbonyl (C=O) groups excluding carboxylic acids is 1. The molecule has 1 saturated heterocycles. The minimum Gasteiger partial charge on any atom is -0.381 e. The average molecular weight is 361 g/mol. The molecule has 1 amide bonds. The minimum atomic E-state index is -1.06. The second-order valence-electron chi connectivity index (χ2n) is 8.11. The van der Waals surface area contributed by atoms with Crippen LogP contribution in [-0.2, 0) is 21.5 Å². The first kappa shape index (κ1) is 18.8. The molecule has 1 aromatic rings. The zero-order valence-corrected chi connectivity index (χ0v) is 16.0. The number of hydrogen-bond donors (Lipinski definition) is 1. The predicted octanol–water partition coefficient (Wildman–Crippen LogP) is 2.82. The number of rotatable bonds is 4. The molecule has 2 aliphatic heterocycles. The van der Waals surface area contributed by atoms with Crippen molar-refractivity contribution >= 4 is 11.9 Å². The van der Waals surface area contributed by atoms with Crippen molar-refractivity contribution in [1.82, 2.24) is 4.90 Å². The Morgan fingerprint density at radius 1 is 1.38 bits per heavy atom. The maximum absolute atomic E-state index is 14.8. The van der Waals surface area contributed by atoms with Gasteiger partial charge in [0.05, 0.1) is 5.41 Å². The highest BCUT2D eigenvalue weighted by Crippen LogP contribution is 2.47. The number of hydrogen-bond acceptors (Lipinski definition) is 4.